The van der Waals surface area contributed by atoms with Gasteiger partial charge in [-0.05, 0) is 30.4 Å². The molecule has 1 aliphatic heterocycles. The van der Waals surface area contributed by atoms with E-state index in [0.29, 0.717) is 11.4 Å². The van der Waals surface area contributed by atoms with E-state index in [-0.39, 0.29) is 11.5 Å². The predicted molar refractivity (Wildman–Crippen MR) is 124 cm³/mol. The molecule has 8 nitrogen and oxygen atoms in total. The molecule has 2 aromatic carbocycles. The Balaban J connectivity index is 1.32. The number of piperidine rings is 1. The van der Waals surface area contributed by atoms with E-state index in [1.54, 1.807) is 12.4 Å². The van der Waals surface area contributed by atoms with Crippen LogP contribution < -0.4 is 10.2 Å². The van der Waals surface area contributed by atoms with Crippen molar-refractivity contribution in [2.45, 2.75) is 25.3 Å². The summed E-state index contributed by atoms with van der Waals surface area (Å²) >= 11 is 0. The third-order valence-corrected chi connectivity index (χ3v) is 6.90. The lowest BCUT2D eigenvalue weighted by atomic mass is 9.72. The summed E-state index contributed by atoms with van der Waals surface area (Å²) in [7, 11) is 0. The number of nitrogens with zero attached hydrogens (tertiary/aromatic N) is 4. The molecular formula is C25H25N5O3. The normalized spacial score (nSPS) is 19.3. The van der Waals surface area contributed by atoms with Crippen LogP contribution in [0.1, 0.15) is 41.3 Å². The van der Waals surface area contributed by atoms with Gasteiger partial charge in [-0.1, -0.05) is 59.8 Å². The van der Waals surface area contributed by atoms with Crippen molar-refractivity contribution in [1.29, 1.82) is 0 Å². The number of oxime groups is 1. The number of hydrogen-bond donors (Lipinski definition) is 3. The van der Waals surface area contributed by atoms with Gasteiger partial charge in [-0.15, -0.1) is 0 Å². The topological polar surface area (TPSA) is 111 Å². The van der Waals surface area contributed by atoms with Gasteiger partial charge in [0.05, 0.1) is 18.4 Å². The minimum Gasteiger partial charge on any atom is -0.465 e. The first kappa shape index (κ1) is 20.9. The molecule has 3 N–H and O–H groups in total. The lowest BCUT2D eigenvalue weighted by Gasteiger charge is -2.43. The molecule has 1 amide bonds. The number of amides is 1. The lowest BCUT2D eigenvalue weighted by molar-refractivity contribution is 0.141. The van der Waals surface area contributed by atoms with Crippen LogP contribution in [-0.4, -0.2) is 45.2 Å². The van der Waals surface area contributed by atoms with Gasteiger partial charge in [-0.25, -0.2) is 14.8 Å². The molecule has 2 aliphatic rings. The summed E-state index contributed by atoms with van der Waals surface area (Å²) in [4.78, 5) is 22.8. The van der Waals surface area contributed by atoms with Gasteiger partial charge in [-0.2, -0.15) is 0 Å². The number of anilines is 1. The number of fused-ring (bicyclic) bond motifs is 1. The number of aromatic nitrogens is 2. The van der Waals surface area contributed by atoms with Crippen molar-refractivity contribution >= 4 is 17.6 Å². The zero-order chi connectivity index (χ0) is 22.8. The highest BCUT2D eigenvalue weighted by atomic mass is 16.4. The van der Waals surface area contributed by atoms with Crippen LogP contribution in [0.4, 0.5) is 10.6 Å². The Morgan fingerprint density at radius 3 is 2.42 bits per heavy atom. The van der Waals surface area contributed by atoms with Crippen LogP contribution in [0.3, 0.4) is 0 Å². The second kappa shape index (κ2) is 8.54. The molecule has 1 fully saturated rings. The average molecular weight is 444 g/mol. The molecule has 2 heterocycles. The molecule has 0 saturated carbocycles. The Bertz CT molecular complexity index is 1170. The quantitative estimate of drug-likeness (QED) is 0.321. The van der Waals surface area contributed by atoms with Crippen LogP contribution >= 0.6 is 0 Å². The van der Waals surface area contributed by atoms with Crippen molar-refractivity contribution in [3.63, 3.8) is 0 Å². The molecule has 1 aromatic heterocycles. The molecule has 0 radical (unpaired) electrons. The molecule has 8 heteroatoms. The zero-order valence-electron chi connectivity index (χ0n) is 18.1. The summed E-state index contributed by atoms with van der Waals surface area (Å²) in [5, 5.41) is 25.1. The maximum Gasteiger partial charge on any atom is 0.405 e. The summed E-state index contributed by atoms with van der Waals surface area (Å²) in [6, 6.07) is 17.3. The van der Waals surface area contributed by atoms with Crippen LogP contribution in [0.25, 0.3) is 0 Å². The van der Waals surface area contributed by atoms with Crippen LogP contribution in [0, 0.1) is 5.41 Å². The fraction of sp³-hybridized carbons (Fsp3) is 0.280. The van der Waals surface area contributed by atoms with E-state index in [9.17, 15) is 15.1 Å². The summed E-state index contributed by atoms with van der Waals surface area (Å²) in [6.45, 7) is 1.53. The number of carboxylic acid groups (broad SMARTS) is 1. The smallest absolute Gasteiger partial charge is 0.405 e. The molecule has 168 valence electrons. The summed E-state index contributed by atoms with van der Waals surface area (Å²) in [5.74, 6) is 0.761. The Morgan fingerprint density at radius 2 is 1.76 bits per heavy atom. The van der Waals surface area contributed by atoms with Crippen molar-refractivity contribution < 1.29 is 15.1 Å². The van der Waals surface area contributed by atoms with Gasteiger partial charge < -0.3 is 20.5 Å². The van der Waals surface area contributed by atoms with Crippen LogP contribution in [0.15, 0.2) is 72.1 Å². The predicted octanol–water partition coefficient (Wildman–Crippen LogP) is 3.85. The first-order chi connectivity index (χ1) is 16.1. The SMILES string of the molecule is O=C(O)NC1c2ccccc2CC12CCN(c1cnc(/C(=N/O)c3ccccc3)cn1)CC2. The van der Waals surface area contributed by atoms with Gasteiger partial charge in [0, 0.05) is 24.1 Å². The number of hydrogen-bond acceptors (Lipinski definition) is 6. The van der Waals surface area contributed by atoms with Crippen molar-refractivity contribution in [2.75, 3.05) is 18.0 Å². The van der Waals surface area contributed by atoms with Gasteiger partial charge in [0.1, 0.15) is 17.2 Å². The van der Waals surface area contributed by atoms with Crippen molar-refractivity contribution in [3.8, 4) is 0 Å². The van der Waals surface area contributed by atoms with E-state index in [1.165, 1.54) is 5.56 Å². The molecule has 33 heavy (non-hydrogen) atoms. The van der Waals surface area contributed by atoms with E-state index >= 15 is 0 Å². The Kier molecular flexibility index (Phi) is 5.42. The minimum atomic E-state index is -0.986. The lowest BCUT2D eigenvalue weighted by Crippen LogP contribution is -2.47. The second-order valence-electron chi connectivity index (χ2n) is 8.68. The fourth-order valence-electron chi connectivity index (χ4n) is 5.25. The monoisotopic (exact) mass is 443 g/mol. The third kappa shape index (κ3) is 3.88. The van der Waals surface area contributed by atoms with E-state index in [0.717, 1.165) is 49.3 Å². The van der Waals surface area contributed by atoms with Gasteiger partial charge in [0.2, 0.25) is 0 Å². The Morgan fingerprint density at radius 1 is 1.03 bits per heavy atom. The molecule has 0 bridgehead atoms. The van der Waals surface area contributed by atoms with E-state index < -0.39 is 6.09 Å². The molecule has 5 rings (SSSR count). The fourth-order valence-corrected chi connectivity index (χ4v) is 5.25. The number of rotatable bonds is 4. The van der Waals surface area contributed by atoms with Crippen LogP contribution in [0.2, 0.25) is 0 Å². The Hall–Kier alpha value is -3.94. The standard InChI is InChI=1S/C25H25N5O3/c31-24(32)28-23-19-9-5-4-8-18(19)14-25(23)10-12-30(13-11-25)21-16-26-20(15-27-21)22(29-33)17-6-2-1-3-7-17/h1-9,15-16,23,28,33H,10-14H2,(H,31,32)/b29-22+. The molecule has 1 spiro atoms. The highest BCUT2D eigenvalue weighted by molar-refractivity contribution is 6.11. The second-order valence-corrected chi connectivity index (χ2v) is 8.68. The van der Waals surface area contributed by atoms with Crippen LogP contribution in [-0.2, 0) is 6.42 Å². The largest absolute Gasteiger partial charge is 0.465 e. The first-order valence-electron chi connectivity index (χ1n) is 11.0. The molecule has 1 atom stereocenters. The van der Waals surface area contributed by atoms with E-state index in [4.69, 9.17) is 0 Å². The van der Waals surface area contributed by atoms with Gasteiger partial charge >= 0.3 is 6.09 Å². The molecular weight excluding hydrogens is 418 g/mol. The summed E-state index contributed by atoms with van der Waals surface area (Å²) in [6.07, 6.45) is 4.92. The van der Waals surface area contributed by atoms with E-state index in [1.807, 2.05) is 48.5 Å². The minimum absolute atomic E-state index is 0.129. The van der Waals surface area contributed by atoms with Crippen molar-refractivity contribution in [2.24, 2.45) is 10.6 Å². The molecule has 1 saturated heterocycles. The summed E-state index contributed by atoms with van der Waals surface area (Å²) < 4.78 is 0. The van der Waals surface area contributed by atoms with Crippen molar-refractivity contribution in [3.05, 3.63) is 89.4 Å². The molecule has 1 unspecified atom stereocenters. The van der Waals surface area contributed by atoms with Gasteiger partial charge in [0.15, 0.2) is 0 Å². The average Bonchev–Trinajstić information content (AvgIpc) is 3.13. The maximum atomic E-state index is 11.5. The highest BCUT2D eigenvalue weighted by Crippen LogP contribution is 2.52. The highest BCUT2D eigenvalue weighted by Gasteiger charge is 2.48. The van der Waals surface area contributed by atoms with Gasteiger partial charge in [-0.3, -0.25) is 0 Å². The summed E-state index contributed by atoms with van der Waals surface area (Å²) in [5.41, 5.74) is 3.83. The maximum absolute atomic E-state index is 11.5. The first-order valence-corrected chi connectivity index (χ1v) is 11.0. The molecule has 1 aliphatic carbocycles. The number of nitrogens with one attached hydrogen (secondary N) is 1. The Labute approximate surface area is 191 Å². The van der Waals surface area contributed by atoms with Gasteiger partial charge in [0.25, 0.3) is 0 Å². The van der Waals surface area contributed by atoms with Crippen molar-refractivity contribution in [1.82, 2.24) is 15.3 Å². The molecule has 3 aromatic rings. The van der Waals surface area contributed by atoms with Crippen LogP contribution in [0.5, 0.6) is 0 Å². The number of carbonyl (C=O) groups is 1. The third-order valence-electron chi connectivity index (χ3n) is 6.90. The van der Waals surface area contributed by atoms with E-state index in [2.05, 4.69) is 31.4 Å². The zero-order valence-corrected chi connectivity index (χ0v) is 18.1. The number of benzene rings is 2.